The number of hydrogen-bond acceptors (Lipinski definition) is 0. The van der Waals surface area contributed by atoms with Crippen LogP contribution in [0.15, 0.2) is 30.5 Å². The summed E-state index contributed by atoms with van der Waals surface area (Å²) < 4.78 is 2.20. The van der Waals surface area contributed by atoms with Gasteiger partial charge in [0.2, 0.25) is 0 Å². The molecular weight excluding hydrogens is 158 g/mol. The minimum atomic E-state index is 0.595. The molecule has 0 saturated heterocycles. The maximum absolute atomic E-state index is 2.24. The maximum atomic E-state index is 2.24. The van der Waals surface area contributed by atoms with E-state index in [1.165, 1.54) is 16.5 Å². The van der Waals surface area contributed by atoms with E-state index in [1.807, 2.05) is 0 Å². The molecule has 0 atom stereocenters. The molecule has 0 aliphatic rings. The number of para-hydroxylation sites is 1. The molecule has 0 amide bonds. The molecule has 0 fully saturated rings. The van der Waals surface area contributed by atoms with Crippen LogP contribution in [0.3, 0.4) is 0 Å². The van der Waals surface area contributed by atoms with Gasteiger partial charge in [-0.25, -0.2) is 0 Å². The SMILES string of the molecule is CC(C)c1cccc2ccn(C)c12. The van der Waals surface area contributed by atoms with E-state index in [-0.39, 0.29) is 0 Å². The Morgan fingerprint density at radius 1 is 1.15 bits per heavy atom. The van der Waals surface area contributed by atoms with Crippen LogP contribution in [-0.4, -0.2) is 4.57 Å². The van der Waals surface area contributed by atoms with Gasteiger partial charge in [-0.3, -0.25) is 0 Å². The summed E-state index contributed by atoms with van der Waals surface area (Å²) in [6.45, 7) is 4.48. The third-order valence-electron chi connectivity index (χ3n) is 2.55. The van der Waals surface area contributed by atoms with Crippen LogP contribution in [0.25, 0.3) is 10.9 Å². The van der Waals surface area contributed by atoms with Gasteiger partial charge in [-0.15, -0.1) is 0 Å². The maximum Gasteiger partial charge on any atom is 0.0512 e. The van der Waals surface area contributed by atoms with Gasteiger partial charge in [-0.2, -0.15) is 0 Å². The van der Waals surface area contributed by atoms with Crippen molar-refractivity contribution < 1.29 is 0 Å². The molecule has 0 bridgehead atoms. The predicted octanol–water partition coefficient (Wildman–Crippen LogP) is 3.30. The highest BCUT2D eigenvalue weighted by atomic mass is 14.9. The molecule has 0 saturated carbocycles. The molecule has 0 radical (unpaired) electrons. The fraction of sp³-hybridized carbons (Fsp3) is 0.333. The quantitative estimate of drug-likeness (QED) is 0.623. The van der Waals surface area contributed by atoms with Gasteiger partial charge in [-0.1, -0.05) is 32.0 Å². The van der Waals surface area contributed by atoms with Crippen molar-refractivity contribution in [1.29, 1.82) is 0 Å². The number of fused-ring (bicyclic) bond motifs is 1. The molecule has 1 aromatic carbocycles. The normalized spacial score (nSPS) is 11.4. The van der Waals surface area contributed by atoms with Crippen LogP contribution in [0.4, 0.5) is 0 Å². The van der Waals surface area contributed by atoms with Gasteiger partial charge in [0.15, 0.2) is 0 Å². The Hall–Kier alpha value is -1.24. The van der Waals surface area contributed by atoms with Crippen molar-refractivity contribution >= 4 is 10.9 Å². The average molecular weight is 173 g/mol. The minimum absolute atomic E-state index is 0.595. The summed E-state index contributed by atoms with van der Waals surface area (Å²) in [6, 6.07) is 8.69. The Labute approximate surface area is 79.0 Å². The fourth-order valence-electron chi connectivity index (χ4n) is 1.85. The van der Waals surface area contributed by atoms with E-state index >= 15 is 0 Å². The Balaban J connectivity index is 2.80. The van der Waals surface area contributed by atoms with Crippen LogP contribution < -0.4 is 0 Å². The third-order valence-corrected chi connectivity index (χ3v) is 2.55. The lowest BCUT2D eigenvalue weighted by molar-refractivity contribution is 0.857. The summed E-state index contributed by atoms with van der Waals surface area (Å²) in [5, 5.41) is 1.34. The van der Waals surface area contributed by atoms with E-state index < -0.39 is 0 Å². The molecule has 1 heteroatoms. The van der Waals surface area contributed by atoms with Crippen molar-refractivity contribution in [2.75, 3.05) is 0 Å². The summed E-state index contributed by atoms with van der Waals surface area (Å²) in [5.41, 5.74) is 2.81. The number of hydrogen-bond donors (Lipinski definition) is 0. The Kier molecular flexibility index (Phi) is 1.87. The number of nitrogens with zero attached hydrogens (tertiary/aromatic N) is 1. The standard InChI is InChI=1S/C12H15N/c1-9(2)11-6-4-5-10-7-8-13(3)12(10)11/h4-9H,1-3H3. The van der Waals surface area contributed by atoms with Gasteiger partial charge in [0.25, 0.3) is 0 Å². The summed E-state index contributed by atoms with van der Waals surface area (Å²) >= 11 is 0. The van der Waals surface area contributed by atoms with E-state index in [9.17, 15) is 0 Å². The molecule has 0 aliphatic carbocycles. The number of aromatic nitrogens is 1. The molecule has 1 aromatic heterocycles. The molecule has 0 unspecified atom stereocenters. The molecule has 1 nitrogen and oxygen atoms in total. The van der Waals surface area contributed by atoms with Crippen LogP contribution in [0.5, 0.6) is 0 Å². The van der Waals surface area contributed by atoms with Crippen molar-refractivity contribution in [2.45, 2.75) is 19.8 Å². The molecular formula is C12H15N. The van der Waals surface area contributed by atoms with E-state index in [0.717, 1.165) is 0 Å². The van der Waals surface area contributed by atoms with Crippen molar-refractivity contribution in [1.82, 2.24) is 4.57 Å². The van der Waals surface area contributed by atoms with Gasteiger partial charge in [0, 0.05) is 13.2 Å². The van der Waals surface area contributed by atoms with Crippen LogP contribution >= 0.6 is 0 Å². The first kappa shape index (κ1) is 8.36. The zero-order chi connectivity index (χ0) is 9.42. The van der Waals surface area contributed by atoms with E-state index in [4.69, 9.17) is 0 Å². The topological polar surface area (TPSA) is 4.93 Å². The first-order valence-corrected chi connectivity index (χ1v) is 4.74. The van der Waals surface area contributed by atoms with E-state index in [2.05, 4.69) is 55.9 Å². The zero-order valence-corrected chi connectivity index (χ0v) is 8.41. The minimum Gasteiger partial charge on any atom is -0.350 e. The Morgan fingerprint density at radius 3 is 2.62 bits per heavy atom. The van der Waals surface area contributed by atoms with Gasteiger partial charge >= 0.3 is 0 Å². The van der Waals surface area contributed by atoms with Gasteiger partial charge in [0.05, 0.1) is 5.52 Å². The summed E-state index contributed by atoms with van der Waals surface area (Å²) in [5.74, 6) is 0.595. The van der Waals surface area contributed by atoms with Crippen molar-refractivity contribution in [3.63, 3.8) is 0 Å². The Morgan fingerprint density at radius 2 is 1.92 bits per heavy atom. The lowest BCUT2D eigenvalue weighted by Gasteiger charge is -2.08. The van der Waals surface area contributed by atoms with Crippen LogP contribution in [0.2, 0.25) is 0 Å². The van der Waals surface area contributed by atoms with Crippen molar-refractivity contribution in [3.8, 4) is 0 Å². The number of benzene rings is 1. The van der Waals surface area contributed by atoms with Crippen molar-refractivity contribution in [3.05, 3.63) is 36.0 Å². The van der Waals surface area contributed by atoms with E-state index in [0.29, 0.717) is 5.92 Å². The molecule has 2 rings (SSSR count). The second-order valence-corrected chi connectivity index (χ2v) is 3.87. The van der Waals surface area contributed by atoms with Crippen LogP contribution in [0.1, 0.15) is 25.3 Å². The van der Waals surface area contributed by atoms with Crippen molar-refractivity contribution in [2.24, 2.45) is 7.05 Å². The summed E-state index contributed by atoms with van der Waals surface area (Å²) in [7, 11) is 2.11. The second kappa shape index (κ2) is 2.91. The molecule has 0 spiro atoms. The monoisotopic (exact) mass is 173 g/mol. The second-order valence-electron chi connectivity index (χ2n) is 3.87. The highest BCUT2D eigenvalue weighted by molar-refractivity contribution is 5.83. The predicted molar refractivity (Wildman–Crippen MR) is 57.0 cm³/mol. The lowest BCUT2D eigenvalue weighted by Crippen LogP contribution is -1.93. The van der Waals surface area contributed by atoms with Crippen LogP contribution in [-0.2, 0) is 7.05 Å². The fourth-order valence-corrected chi connectivity index (χ4v) is 1.85. The Bertz CT molecular complexity index is 424. The third kappa shape index (κ3) is 1.24. The molecule has 0 N–H and O–H groups in total. The van der Waals surface area contributed by atoms with E-state index in [1.54, 1.807) is 0 Å². The first-order chi connectivity index (χ1) is 6.20. The molecule has 2 aromatic rings. The zero-order valence-electron chi connectivity index (χ0n) is 8.41. The molecule has 0 aliphatic heterocycles. The molecule has 68 valence electrons. The number of aryl methyl sites for hydroxylation is 1. The summed E-state index contributed by atoms with van der Waals surface area (Å²) in [4.78, 5) is 0. The highest BCUT2D eigenvalue weighted by Crippen LogP contribution is 2.25. The van der Waals surface area contributed by atoms with Gasteiger partial charge < -0.3 is 4.57 Å². The smallest absolute Gasteiger partial charge is 0.0512 e. The average Bonchev–Trinajstić information content (AvgIpc) is 2.48. The number of rotatable bonds is 1. The van der Waals surface area contributed by atoms with Crippen LogP contribution in [0, 0.1) is 0 Å². The summed E-state index contributed by atoms with van der Waals surface area (Å²) in [6.07, 6.45) is 2.12. The first-order valence-electron chi connectivity index (χ1n) is 4.74. The lowest BCUT2D eigenvalue weighted by atomic mass is 10.0. The highest BCUT2D eigenvalue weighted by Gasteiger charge is 2.06. The molecule has 13 heavy (non-hydrogen) atoms. The van der Waals surface area contributed by atoms with Gasteiger partial charge in [-0.05, 0) is 22.9 Å². The van der Waals surface area contributed by atoms with Gasteiger partial charge in [0.1, 0.15) is 0 Å². The largest absolute Gasteiger partial charge is 0.350 e. The molecule has 1 heterocycles.